The molecule has 0 atom stereocenters. The molecule has 0 amide bonds. The Hall–Kier alpha value is -3.47. The van der Waals surface area contributed by atoms with E-state index in [2.05, 4.69) is 17.1 Å². The maximum Gasteiger partial charge on any atom is 0.234 e. The van der Waals surface area contributed by atoms with Crippen molar-refractivity contribution in [2.45, 2.75) is 13.8 Å². The fourth-order valence-electron chi connectivity index (χ4n) is 3.55. The normalized spacial score (nSPS) is 11.0. The molecule has 5 heteroatoms. The Balaban J connectivity index is 1.82. The number of aromatic nitrogens is 1. The van der Waals surface area contributed by atoms with Crippen LogP contribution in [0.25, 0.3) is 33.7 Å². The van der Waals surface area contributed by atoms with Crippen molar-refractivity contribution in [1.29, 1.82) is 0 Å². The highest BCUT2D eigenvalue weighted by molar-refractivity contribution is 5.84. The van der Waals surface area contributed by atoms with E-state index in [1.54, 1.807) is 32.4 Å². The number of ether oxygens (including phenoxy) is 2. The fourth-order valence-corrected chi connectivity index (χ4v) is 3.55. The average molecular weight is 375 g/mol. The quantitative estimate of drug-likeness (QED) is 0.510. The third kappa shape index (κ3) is 2.95. The van der Waals surface area contributed by atoms with Crippen molar-refractivity contribution < 1.29 is 19.0 Å². The number of aromatic hydroxyl groups is 1. The lowest BCUT2D eigenvalue weighted by Gasteiger charge is -2.11. The van der Waals surface area contributed by atoms with Crippen LogP contribution in [0.1, 0.15) is 11.1 Å². The third-order valence-electron chi connectivity index (χ3n) is 4.82. The molecule has 1 heterocycles. The first-order chi connectivity index (χ1) is 13.5. The van der Waals surface area contributed by atoms with Gasteiger partial charge in [0.1, 0.15) is 28.3 Å². The summed E-state index contributed by atoms with van der Waals surface area (Å²) in [7, 11) is 3.23. The van der Waals surface area contributed by atoms with Crippen molar-refractivity contribution in [2.75, 3.05) is 14.2 Å². The molecular formula is C23H21NO4. The van der Waals surface area contributed by atoms with Crippen LogP contribution in [0.5, 0.6) is 17.2 Å². The van der Waals surface area contributed by atoms with Gasteiger partial charge in [-0.3, -0.25) is 0 Å². The molecule has 0 aliphatic heterocycles. The minimum Gasteiger partial charge on any atom is -0.507 e. The fraction of sp³-hybridized carbons (Fsp3) is 0.174. The molecular weight excluding hydrogens is 354 g/mol. The summed E-state index contributed by atoms with van der Waals surface area (Å²) in [5.41, 5.74) is 6.06. The van der Waals surface area contributed by atoms with E-state index in [9.17, 15) is 5.11 Å². The number of phenols is 1. The van der Waals surface area contributed by atoms with Gasteiger partial charge in [0.15, 0.2) is 5.58 Å². The summed E-state index contributed by atoms with van der Waals surface area (Å²) in [6.45, 7) is 4.07. The van der Waals surface area contributed by atoms with Gasteiger partial charge in [-0.2, -0.15) is 0 Å². The number of methoxy groups -OCH3 is 2. The summed E-state index contributed by atoms with van der Waals surface area (Å²) in [5, 5.41) is 10.3. The molecule has 142 valence electrons. The summed E-state index contributed by atoms with van der Waals surface area (Å²) in [5.74, 6) is 1.79. The van der Waals surface area contributed by atoms with Crippen molar-refractivity contribution in [2.24, 2.45) is 0 Å². The van der Waals surface area contributed by atoms with Crippen LogP contribution < -0.4 is 9.47 Å². The standard InChI is InChI=1S/C23H21NO4/c1-13-10-16(11-14(2)22(13)27-4)15-8-9-17-20(12-15)28-23(24-17)21-18(25)6-5-7-19(21)26-3/h5-12,25H,1-4H3. The second-order valence-electron chi connectivity index (χ2n) is 6.70. The van der Waals surface area contributed by atoms with Crippen LogP contribution in [0.2, 0.25) is 0 Å². The van der Waals surface area contributed by atoms with Crippen molar-refractivity contribution >= 4 is 11.1 Å². The molecule has 3 aromatic carbocycles. The van der Waals surface area contributed by atoms with Gasteiger partial charge in [-0.1, -0.05) is 12.1 Å². The number of nitrogens with zero attached hydrogens (tertiary/aromatic N) is 1. The van der Waals surface area contributed by atoms with Crippen molar-refractivity contribution in [3.63, 3.8) is 0 Å². The summed E-state index contributed by atoms with van der Waals surface area (Å²) in [6, 6.07) is 15.1. The highest BCUT2D eigenvalue weighted by atomic mass is 16.5. The van der Waals surface area contributed by atoms with Gasteiger partial charge >= 0.3 is 0 Å². The zero-order valence-corrected chi connectivity index (χ0v) is 16.2. The predicted octanol–water partition coefficient (Wildman–Crippen LogP) is 5.50. The van der Waals surface area contributed by atoms with Gasteiger partial charge in [-0.25, -0.2) is 4.98 Å². The van der Waals surface area contributed by atoms with Crippen molar-refractivity contribution in [1.82, 2.24) is 4.98 Å². The van der Waals surface area contributed by atoms with Crippen LogP contribution in [-0.2, 0) is 0 Å². The summed E-state index contributed by atoms with van der Waals surface area (Å²) in [4.78, 5) is 4.52. The van der Waals surface area contributed by atoms with Crippen molar-refractivity contribution in [3.8, 4) is 39.8 Å². The summed E-state index contributed by atoms with van der Waals surface area (Å²) >= 11 is 0. The van der Waals surface area contributed by atoms with E-state index in [1.165, 1.54) is 0 Å². The molecule has 0 saturated carbocycles. The third-order valence-corrected chi connectivity index (χ3v) is 4.82. The highest BCUT2D eigenvalue weighted by Crippen LogP contribution is 2.39. The van der Waals surface area contributed by atoms with E-state index in [-0.39, 0.29) is 5.75 Å². The Kier molecular flexibility index (Phi) is 4.43. The summed E-state index contributed by atoms with van der Waals surface area (Å²) < 4.78 is 16.8. The molecule has 0 saturated heterocycles. The van der Waals surface area contributed by atoms with Gasteiger partial charge in [-0.15, -0.1) is 0 Å². The number of rotatable bonds is 4. The Morgan fingerprint density at radius 2 is 1.64 bits per heavy atom. The number of oxazole rings is 1. The Morgan fingerprint density at radius 1 is 0.893 bits per heavy atom. The number of hydrogen-bond donors (Lipinski definition) is 1. The van der Waals surface area contributed by atoms with E-state index >= 15 is 0 Å². The molecule has 0 fully saturated rings. The number of aryl methyl sites for hydroxylation is 2. The first-order valence-electron chi connectivity index (χ1n) is 8.94. The van der Waals surface area contributed by atoms with E-state index < -0.39 is 0 Å². The molecule has 0 aliphatic carbocycles. The van der Waals surface area contributed by atoms with Gasteiger partial charge in [0.2, 0.25) is 5.89 Å². The van der Waals surface area contributed by atoms with E-state index in [0.29, 0.717) is 28.3 Å². The van der Waals surface area contributed by atoms with Gasteiger partial charge in [0, 0.05) is 0 Å². The molecule has 5 nitrogen and oxygen atoms in total. The molecule has 28 heavy (non-hydrogen) atoms. The van der Waals surface area contributed by atoms with Gasteiger partial charge in [0.25, 0.3) is 0 Å². The second-order valence-corrected chi connectivity index (χ2v) is 6.70. The van der Waals surface area contributed by atoms with Gasteiger partial charge < -0.3 is 19.0 Å². The van der Waals surface area contributed by atoms with Crippen LogP contribution >= 0.6 is 0 Å². The maximum absolute atomic E-state index is 10.3. The van der Waals surface area contributed by atoms with E-state index in [0.717, 1.165) is 28.0 Å². The Labute approximate surface area is 163 Å². The average Bonchev–Trinajstić information content (AvgIpc) is 3.10. The molecule has 1 N–H and O–H groups in total. The zero-order valence-electron chi connectivity index (χ0n) is 16.2. The second kappa shape index (κ2) is 6.93. The molecule has 4 rings (SSSR count). The van der Waals surface area contributed by atoms with Crippen LogP contribution in [0.3, 0.4) is 0 Å². The molecule has 0 bridgehead atoms. The first-order valence-corrected chi connectivity index (χ1v) is 8.94. The monoisotopic (exact) mass is 375 g/mol. The number of fused-ring (bicyclic) bond motifs is 1. The lowest BCUT2D eigenvalue weighted by atomic mass is 9.99. The highest BCUT2D eigenvalue weighted by Gasteiger charge is 2.18. The van der Waals surface area contributed by atoms with Crippen molar-refractivity contribution in [3.05, 3.63) is 59.7 Å². The molecule has 1 aromatic heterocycles. The summed E-state index contributed by atoms with van der Waals surface area (Å²) in [6.07, 6.45) is 0. The molecule has 4 aromatic rings. The van der Waals surface area contributed by atoms with E-state index in [1.807, 2.05) is 32.0 Å². The minimum atomic E-state index is 0.0625. The Morgan fingerprint density at radius 3 is 2.32 bits per heavy atom. The maximum atomic E-state index is 10.3. The van der Waals surface area contributed by atoms with Crippen LogP contribution in [0.4, 0.5) is 0 Å². The number of benzene rings is 3. The largest absolute Gasteiger partial charge is 0.507 e. The Bertz CT molecular complexity index is 1150. The SMILES string of the molecule is COc1cccc(O)c1-c1nc2ccc(-c3cc(C)c(OC)c(C)c3)cc2o1. The number of phenolic OH excluding ortho intramolecular Hbond substituents is 1. The predicted molar refractivity (Wildman–Crippen MR) is 109 cm³/mol. The van der Waals surface area contributed by atoms with Crippen LogP contribution in [-0.4, -0.2) is 24.3 Å². The molecule has 0 radical (unpaired) electrons. The van der Waals surface area contributed by atoms with Gasteiger partial charge in [0.05, 0.1) is 14.2 Å². The minimum absolute atomic E-state index is 0.0625. The lowest BCUT2D eigenvalue weighted by molar-refractivity contribution is 0.407. The molecule has 0 aliphatic rings. The lowest BCUT2D eigenvalue weighted by Crippen LogP contribution is -1.92. The topological polar surface area (TPSA) is 64.7 Å². The molecule has 0 unspecified atom stereocenters. The number of hydrogen-bond acceptors (Lipinski definition) is 5. The van der Waals surface area contributed by atoms with Gasteiger partial charge in [-0.05, 0) is 72.5 Å². The van der Waals surface area contributed by atoms with E-state index in [4.69, 9.17) is 13.9 Å². The zero-order chi connectivity index (χ0) is 19.8. The molecule has 0 spiro atoms. The van der Waals surface area contributed by atoms with Crippen LogP contribution in [0, 0.1) is 13.8 Å². The van der Waals surface area contributed by atoms with Crippen LogP contribution in [0.15, 0.2) is 52.9 Å². The smallest absolute Gasteiger partial charge is 0.234 e. The first kappa shape index (κ1) is 17.9.